The van der Waals surface area contributed by atoms with E-state index in [1.807, 2.05) is 19.2 Å². The number of aromatic nitrogens is 2. The zero-order valence-electron chi connectivity index (χ0n) is 15.2. The zero-order valence-corrected chi connectivity index (χ0v) is 16.0. The molecule has 0 fully saturated rings. The molecule has 1 aromatic heterocycles. The van der Waals surface area contributed by atoms with Gasteiger partial charge in [-0.15, -0.1) is 5.10 Å². The van der Waals surface area contributed by atoms with Crippen LogP contribution in [0.3, 0.4) is 0 Å². The van der Waals surface area contributed by atoms with Gasteiger partial charge in [0.2, 0.25) is 10.0 Å². The SMILES string of the molecule is CCCN(CCC)S(=O)(=O)c1ccc(C(=O)Nc2nnc(C(F)(F)F)o2)cc1. The first-order valence-electron chi connectivity index (χ1n) is 8.41. The minimum atomic E-state index is -4.82. The predicted octanol–water partition coefficient (Wildman–Crippen LogP) is 3.15. The Labute approximate surface area is 159 Å². The summed E-state index contributed by atoms with van der Waals surface area (Å²) in [4.78, 5) is 12.1. The number of hydrogen-bond acceptors (Lipinski definition) is 6. The van der Waals surface area contributed by atoms with Gasteiger partial charge >= 0.3 is 18.1 Å². The molecule has 0 aliphatic carbocycles. The lowest BCUT2D eigenvalue weighted by Gasteiger charge is -2.21. The van der Waals surface area contributed by atoms with Crippen molar-refractivity contribution in [1.82, 2.24) is 14.5 Å². The molecule has 1 amide bonds. The fourth-order valence-electron chi connectivity index (χ4n) is 2.34. The van der Waals surface area contributed by atoms with Gasteiger partial charge in [0.15, 0.2) is 0 Å². The molecule has 1 aromatic carbocycles. The standard InChI is InChI=1S/C16H19F3N4O4S/c1-3-9-23(10-4-2)28(25,26)12-7-5-11(6-8-12)13(24)20-15-22-21-14(27-15)16(17,18)19/h5-8H,3-4,9-10H2,1-2H3,(H,20,22,24). The number of nitrogens with zero attached hydrogens (tertiary/aromatic N) is 3. The van der Waals surface area contributed by atoms with Crippen molar-refractivity contribution in [3.8, 4) is 0 Å². The Morgan fingerprint density at radius 2 is 1.68 bits per heavy atom. The Hall–Kier alpha value is -2.47. The Morgan fingerprint density at radius 3 is 2.14 bits per heavy atom. The van der Waals surface area contributed by atoms with Gasteiger partial charge in [0.25, 0.3) is 5.91 Å². The van der Waals surface area contributed by atoms with Crippen LogP contribution in [0.15, 0.2) is 33.6 Å². The molecule has 0 spiro atoms. The van der Waals surface area contributed by atoms with E-state index in [0.29, 0.717) is 25.9 Å². The van der Waals surface area contributed by atoms with Crippen LogP contribution in [-0.2, 0) is 16.2 Å². The van der Waals surface area contributed by atoms with E-state index in [2.05, 4.69) is 14.6 Å². The third kappa shape index (κ3) is 5.07. The van der Waals surface area contributed by atoms with Crippen LogP contribution in [0.1, 0.15) is 42.9 Å². The van der Waals surface area contributed by atoms with Gasteiger partial charge in [0.05, 0.1) is 4.90 Å². The molecule has 0 aliphatic heterocycles. The maximum atomic E-state index is 12.7. The summed E-state index contributed by atoms with van der Waals surface area (Å²) in [5.41, 5.74) is 0.0169. The second-order valence-electron chi connectivity index (χ2n) is 5.79. The first-order valence-corrected chi connectivity index (χ1v) is 9.85. The quantitative estimate of drug-likeness (QED) is 0.703. The number of benzene rings is 1. The Bertz CT molecular complexity index is 905. The van der Waals surface area contributed by atoms with Gasteiger partial charge in [-0.3, -0.25) is 10.1 Å². The molecule has 0 atom stereocenters. The molecule has 0 unspecified atom stereocenters. The first-order chi connectivity index (χ1) is 13.1. The van der Waals surface area contributed by atoms with Crippen LogP contribution >= 0.6 is 0 Å². The molecule has 0 saturated carbocycles. The molecule has 0 bridgehead atoms. The smallest absolute Gasteiger partial charge is 0.399 e. The Balaban J connectivity index is 2.15. The van der Waals surface area contributed by atoms with E-state index in [-0.39, 0.29) is 10.5 Å². The average molecular weight is 420 g/mol. The van der Waals surface area contributed by atoms with E-state index < -0.39 is 34.0 Å². The molecular weight excluding hydrogens is 401 g/mol. The number of sulfonamides is 1. The van der Waals surface area contributed by atoms with E-state index in [1.54, 1.807) is 0 Å². The van der Waals surface area contributed by atoms with E-state index in [1.165, 1.54) is 28.6 Å². The van der Waals surface area contributed by atoms with Gasteiger partial charge in [-0.05, 0) is 37.1 Å². The topological polar surface area (TPSA) is 105 Å². The van der Waals surface area contributed by atoms with Gasteiger partial charge in [-0.1, -0.05) is 18.9 Å². The fraction of sp³-hybridized carbons (Fsp3) is 0.438. The summed E-state index contributed by atoms with van der Waals surface area (Å²) in [5.74, 6) is -2.41. The lowest BCUT2D eigenvalue weighted by Crippen LogP contribution is -2.32. The molecule has 2 rings (SSSR count). The van der Waals surface area contributed by atoms with Gasteiger partial charge in [0, 0.05) is 18.7 Å². The summed E-state index contributed by atoms with van der Waals surface area (Å²) in [5, 5.41) is 7.92. The van der Waals surface area contributed by atoms with Gasteiger partial charge in [0.1, 0.15) is 0 Å². The predicted molar refractivity (Wildman–Crippen MR) is 93.0 cm³/mol. The van der Waals surface area contributed by atoms with Crippen LogP contribution in [0.2, 0.25) is 0 Å². The number of nitrogens with one attached hydrogen (secondary N) is 1. The highest BCUT2D eigenvalue weighted by molar-refractivity contribution is 7.89. The van der Waals surface area contributed by atoms with Crippen LogP contribution in [-0.4, -0.2) is 41.9 Å². The molecule has 0 radical (unpaired) electrons. The van der Waals surface area contributed by atoms with Crippen molar-refractivity contribution in [1.29, 1.82) is 0 Å². The van der Waals surface area contributed by atoms with Crippen molar-refractivity contribution in [2.75, 3.05) is 18.4 Å². The van der Waals surface area contributed by atoms with Crippen LogP contribution in [0.4, 0.5) is 19.2 Å². The number of halogens is 3. The van der Waals surface area contributed by atoms with Crippen LogP contribution < -0.4 is 5.32 Å². The number of amides is 1. The number of rotatable bonds is 8. The fourth-order valence-corrected chi connectivity index (χ4v) is 3.96. The second-order valence-corrected chi connectivity index (χ2v) is 7.73. The first kappa shape index (κ1) is 21.8. The summed E-state index contributed by atoms with van der Waals surface area (Å²) in [6, 6.07) is 4.30. The van der Waals surface area contributed by atoms with Gasteiger partial charge in [-0.2, -0.15) is 17.5 Å². The van der Waals surface area contributed by atoms with Gasteiger partial charge in [-0.25, -0.2) is 8.42 Å². The highest BCUT2D eigenvalue weighted by Crippen LogP contribution is 2.28. The Morgan fingerprint density at radius 1 is 1.11 bits per heavy atom. The lowest BCUT2D eigenvalue weighted by atomic mass is 10.2. The van der Waals surface area contributed by atoms with Crippen LogP contribution in [0.25, 0.3) is 0 Å². The number of carbonyl (C=O) groups excluding carboxylic acids is 1. The molecular formula is C16H19F3N4O4S. The molecule has 0 saturated heterocycles. The zero-order chi connectivity index (χ0) is 20.9. The van der Waals surface area contributed by atoms with Crippen molar-refractivity contribution in [2.45, 2.75) is 37.8 Å². The van der Waals surface area contributed by atoms with E-state index in [0.717, 1.165) is 0 Å². The molecule has 28 heavy (non-hydrogen) atoms. The van der Waals surface area contributed by atoms with Crippen molar-refractivity contribution < 1.29 is 30.8 Å². The lowest BCUT2D eigenvalue weighted by molar-refractivity contribution is -0.156. The summed E-state index contributed by atoms with van der Waals surface area (Å²) in [6.45, 7) is 4.48. The highest BCUT2D eigenvalue weighted by atomic mass is 32.2. The summed E-state index contributed by atoms with van der Waals surface area (Å²) < 4.78 is 68.3. The third-order valence-corrected chi connectivity index (χ3v) is 5.50. The van der Waals surface area contributed by atoms with E-state index in [4.69, 9.17) is 0 Å². The second kappa shape index (κ2) is 8.69. The summed E-state index contributed by atoms with van der Waals surface area (Å²) in [6.07, 6.45) is -3.51. The van der Waals surface area contributed by atoms with Gasteiger partial charge < -0.3 is 4.42 Å². The molecule has 1 heterocycles. The largest absolute Gasteiger partial charge is 0.470 e. The molecule has 8 nitrogen and oxygen atoms in total. The van der Waals surface area contributed by atoms with E-state index >= 15 is 0 Å². The average Bonchev–Trinajstić information content (AvgIpc) is 3.10. The molecule has 0 aliphatic rings. The number of hydrogen-bond donors (Lipinski definition) is 1. The highest BCUT2D eigenvalue weighted by Gasteiger charge is 2.38. The van der Waals surface area contributed by atoms with Crippen LogP contribution in [0.5, 0.6) is 0 Å². The van der Waals surface area contributed by atoms with Crippen molar-refractivity contribution in [3.05, 3.63) is 35.7 Å². The summed E-state index contributed by atoms with van der Waals surface area (Å²) in [7, 11) is -3.70. The third-order valence-electron chi connectivity index (χ3n) is 3.59. The molecule has 154 valence electrons. The molecule has 2 aromatic rings. The number of anilines is 1. The maximum Gasteiger partial charge on any atom is 0.470 e. The van der Waals surface area contributed by atoms with Crippen molar-refractivity contribution in [3.63, 3.8) is 0 Å². The molecule has 1 N–H and O–H groups in total. The minimum absolute atomic E-state index is 0.0168. The van der Waals surface area contributed by atoms with Crippen LogP contribution in [0, 0.1) is 0 Å². The summed E-state index contributed by atoms with van der Waals surface area (Å²) >= 11 is 0. The minimum Gasteiger partial charge on any atom is -0.399 e. The van der Waals surface area contributed by atoms with E-state index in [9.17, 15) is 26.4 Å². The Kier molecular flexibility index (Phi) is 6.77. The van der Waals surface area contributed by atoms with Crippen molar-refractivity contribution in [2.24, 2.45) is 0 Å². The number of carbonyl (C=O) groups is 1. The molecule has 12 heteroatoms. The van der Waals surface area contributed by atoms with Crippen molar-refractivity contribution >= 4 is 21.9 Å². The normalized spacial score (nSPS) is 12.4. The number of alkyl halides is 3. The monoisotopic (exact) mass is 420 g/mol. The maximum absolute atomic E-state index is 12.7.